The van der Waals surface area contributed by atoms with Crippen molar-refractivity contribution in [2.75, 3.05) is 0 Å². The summed E-state index contributed by atoms with van der Waals surface area (Å²) in [5.74, 6) is -1.95. The first-order valence-corrected chi connectivity index (χ1v) is 40.3. The first kappa shape index (κ1) is 44.7. The standard InChI is InChI=1S/2C30H25.C2H7Si.2ClH.Zr/c2*1-2-11-24-18-19-25-20-26(22-12-5-3-6-13-22)21-29(25)30(24)28-17-10-9-16-27(28)23-14-7-4-8-15-23;1-3-2;;;/h2*3-10,12-21H,2,11H2,1H3;3H,1-2H3;2*1H;/q;;;;;+2/p-2. The van der Waals surface area contributed by atoms with Gasteiger partial charge in [0, 0.05) is 0 Å². The van der Waals surface area contributed by atoms with E-state index >= 15 is 0 Å². The van der Waals surface area contributed by atoms with Gasteiger partial charge in [0.25, 0.3) is 0 Å². The average Bonchev–Trinajstić information content (AvgIpc) is 3.97. The summed E-state index contributed by atoms with van der Waals surface area (Å²) in [5, 5.41) is 0. The van der Waals surface area contributed by atoms with Crippen molar-refractivity contribution in [3.63, 3.8) is 0 Å². The second-order valence-electron chi connectivity index (χ2n) is 18.7. The van der Waals surface area contributed by atoms with Crippen LogP contribution in [0.5, 0.6) is 0 Å². The Kier molecular flexibility index (Phi) is 12.6. The SMILES string of the molecule is CCCc1ccc2c(c1-c1ccccc1-c1ccccc1)C=C(c1ccccc1)[CH]2[Zr]([Cl])([Cl])([CH]1C(c2ccccc2)=Cc2c1ccc(CCC)c2-c1ccccc1-c1ccccc1)[SiH](C)C. The van der Waals surface area contributed by atoms with E-state index in [1.54, 1.807) is 0 Å². The van der Waals surface area contributed by atoms with Gasteiger partial charge in [0.2, 0.25) is 0 Å². The van der Waals surface area contributed by atoms with Crippen molar-refractivity contribution < 1.29 is 15.6 Å². The van der Waals surface area contributed by atoms with Crippen molar-refractivity contribution >= 4 is 46.2 Å². The van der Waals surface area contributed by atoms with Crippen molar-refractivity contribution in [3.8, 4) is 44.5 Å². The summed E-state index contributed by atoms with van der Waals surface area (Å²) in [5.41, 5.74) is 22.9. The molecule has 10 rings (SSSR count). The normalized spacial score (nSPS) is 16.0. The molecule has 0 bridgehead atoms. The van der Waals surface area contributed by atoms with Crippen LogP contribution in [-0.4, -0.2) is 5.92 Å². The van der Waals surface area contributed by atoms with Gasteiger partial charge in [-0.25, -0.2) is 0 Å². The Balaban J connectivity index is 1.28. The second-order valence-corrected chi connectivity index (χ2v) is 61.2. The van der Waals surface area contributed by atoms with Gasteiger partial charge >= 0.3 is 405 Å². The van der Waals surface area contributed by atoms with E-state index in [1.807, 2.05) is 0 Å². The number of aryl methyl sites for hydroxylation is 2. The fourth-order valence-corrected chi connectivity index (χ4v) is 41.6. The number of halogens is 2. The third kappa shape index (κ3) is 7.63. The number of hydrogen-bond acceptors (Lipinski definition) is 0. The fraction of sp³-hybridized carbons (Fsp3) is 0.161. The molecule has 0 fully saturated rings. The van der Waals surface area contributed by atoms with Crippen LogP contribution in [0.25, 0.3) is 67.8 Å². The summed E-state index contributed by atoms with van der Waals surface area (Å²) < 4.78 is -0.286. The van der Waals surface area contributed by atoms with Crippen LogP contribution in [0.4, 0.5) is 0 Å². The molecule has 8 aromatic rings. The van der Waals surface area contributed by atoms with Crippen molar-refractivity contribution in [1.82, 2.24) is 0 Å². The molecule has 0 saturated heterocycles. The molecule has 0 spiro atoms. The maximum atomic E-state index is 9.29. The predicted molar refractivity (Wildman–Crippen MR) is 287 cm³/mol. The van der Waals surface area contributed by atoms with Crippen LogP contribution in [0, 0.1) is 0 Å². The van der Waals surface area contributed by atoms with Crippen LogP contribution in [0.15, 0.2) is 194 Å². The molecule has 66 heavy (non-hydrogen) atoms. The molecule has 8 aromatic carbocycles. The van der Waals surface area contributed by atoms with Gasteiger partial charge < -0.3 is 0 Å². The number of rotatable bonds is 13. The van der Waals surface area contributed by atoms with E-state index in [9.17, 15) is 17.0 Å². The van der Waals surface area contributed by atoms with Gasteiger partial charge in [-0.2, -0.15) is 0 Å². The number of fused-ring (bicyclic) bond motifs is 2. The van der Waals surface area contributed by atoms with E-state index in [-0.39, 0.29) is 7.25 Å². The van der Waals surface area contributed by atoms with Crippen LogP contribution in [0.3, 0.4) is 0 Å². The molecule has 0 nitrogen and oxygen atoms in total. The zero-order valence-electron chi connectivity index (χ0n) is 38.4. The fourth-order valence-electron chi connectivity index (χ4n) is 11.5. The summed E-state index contributed by atoms with van der Waals surface area (Å²) in [6, 6.07) is 71.5. The third-order valence-electron chi connectivity index (χ3n) is 14.6. The maximum absolute atomic E-state index is 9.29. The number of hydrogen-bond donors (Lipinski definition) is 0. The first-order chi connectivity index (χ1) is 32.2. The third-order valence-corrected chi connectivity index (χ3v) is 66.2. The van der Waals surface area contributed by atoms with E-state index in [2.05, 4.69) is 233 Å². The zero-order valence-corrected chi connectivity index (χ0v) is 43.6. The molecule has 0 N–H and O–H groups in total. The van der Waals surface area contributed by atoms with Crippen LogP contribution in [-0.2, 0) is 28.4 Å². The summed E-state index contributed by atoms with van der Waals surface area (Å²) in [4.78, 5) is 0. The summed E-state index contributed by atoms with van der Waals surface area (Å²) in [6.07, 6.45) is 9.10. The molecule has 4 heteroatoms. The molecule has 0 amide bonds. The van der Waals surface area contributed by atoms with Crippen molar-refractivity contribution in [2.24, 2.45) is 0 Å². The summed E-state index contributed by atoms with van der Waals surface area (Å²) in [6.45, 7) is 9.53. The Morgan fingerprint density at radius 1 is 0.394 bits per heavy atom. The molecule has 2 unspecified atom stereocenters. The molecule has 2 aliphatic rings. The van der Waals surface area contributed by atoms with Gasteiger partial charge in [-0.1, -0.05) is 0 Å². The van der Waals surface area contributed by atoms with E-state index in [0.29, 0.717) is 0 Å². The quantitative estimate of drug-likeness (QED) is 0.101. The van der Waals surface area contributed by atoms with Gasteiger partial charge in [0.05, 0.1) is 0 Å². The summed E-state index contributed by atoms with van der Waals surface area (Å²) in [7, 11) is 18.6. The Bertz CT molecular complexity index is 2910. The molecular formula is C62H57Cl2SiZr. The average molecular weight is 992 g/mol. The predicted octanol–water partition coefficient (Wildman–Crippen LogP) is 18.1. The van der Waals surface area contributed by atoms with Crippen LogP contribution in [0.2, 0.25) is 13.1 Å². The van der Waals surface area contributed by atoms with Gasteiger partial charge in [-0.15, -0.1) is 0 Å². The van der Waals surface area contributed by atoms with Crippen LogP contribution >= 0.6 is 17.0 Å². The second kappa shape index (κ2) is 18.5. The Labute approximate surface area is 401 Å². The summed E-state index contributed by atoms with van der Waals surface area (Å²) >= 11 is -5.42. The van der Waals surface area contributed by atoms with Crippen molar-refractivity contribution in [1.29, 1.82) is 0 Å². The van der Waals surface area contributed by atoms with Gasteiger partial charge in [-0.05, 0) is 0 Å². The van der Waals surface area contributed by atoms with E-state index in [4.69, 9.17) is 0 Å². The molecule has 2 aliphatic carbocycles. The molecule has 0 heterocycles. The monoisotopic (exact) mass is 989 g/mol. The Hall–Kier alpha value is -5.08. The van der Waals surface area contributed by atoms with E-state index in [0.717, 1.165) is 25.7 Å². The molecule has 0 saturated carbocycles. The number of allylic oxidation sites excluding steroid dienone is 2. The minimum atomic E-state index is -5.42. The Morgan fingerprint density at radius 3 is 1.05 bits per heavy atom. The molecule has 0 aliphatic heterocycles. The van der Waals surface area contributed by atoms with Crippen LogP contribution < -0.4 is 0 Å². The minimum absolute atomic E-state index is 0.143. The van der Waals surface area contributed by atoms with Crippen molar-refractivity contribution in [3.05, 3.63) is 239 Å². The molecule has 0 aromatic heterocycles. The van der Waals surface area contributed by atoms with Crippen molar-refractivity contribution in [2.45, 2.75) is 59.9 Å². The molecule has 327 valence electrons. The van der Waals surface area contributed by atoms with E-state index in [1.165, 1.54) is 100 Å². The zero-order chi connectivity index (χ0) is 45.4. The molecule has 2 atom stereocenters. The first-order valence-electron chi connectivity index (χ1n) is 23.9. The van der Waals surface area contributed by atoms with Crippen LogP contribution in [0.1, 0.15) is 78.4 Å². The van der Waals surface area contributed by atoms with Gasteiger partial charge in [-0.3, -0.25) is 0 Å². The van der Waals surface area contributed by atoms with Gasteiger partial charge in [0.15, 0.2) is 0 Å². The number of benzene rings is 8. The Morgan fingerprint density at radius 2 is 0.712 bits per heavy atom. The topological polar surface area (TPSA) is 0 Å². The van der Waals surface area contributed by atoms with E-state index < -0.39 is 21.5 Å². The molecular weight excluding hydrogens is 935 g/mol. The molecule has 0 radical (unpaired) electrons. The van der Waals surface area contributed by atoms with Gasteiger partial charge in [0.1, 0.15) is 0 Å².